The Morgan fingerprint density at radius 2 is 1.00 bits per heavy atom. The second-order valence-corrected chi connectivity index (χ2v) is 4.14. The van der Waals surface area contributed by atoms with Gasteiger partial charge in [0.1, 0.15) is 0 Å². The Bertz CT molecular complexity index is 368. The van der Waals surface area contributed by atoms with Crippen molar-refractivity contribution in [1.29, 1.82) is 0 Å². The van der Waals surface area contributed by atoms with Crippen LogP contribution in [0.25, 0.3) is 0 Å². The van der Waals surface area contributed by atoms with Crippen molar-refractivity contribution in [2.75, 3.05) is 0 Å². The van der Waals surface area contributed by atoms with E-state index in [4.69, 9.17) is 0 Å². The van der Waals surface area contributed by atoms with Crippen LogP contribution < -0.4 is 0 Å². The molecule has 3 aromatic rings. The molecule has 0 aromatic heterocycles. The molecule has 0 nitrogen and oxygen atoms in total. The van der Waals surface area contributed by atoms with Gasteiger partial charge in [-0.1, -0.05) is 34.1 Å². The van der Waals surface area contributed by atoms with Crippen LogP contribution in [0.3, 0.4) is 0 Å². The number of halogens is 1. The Balaban J connectivity index is 0.000000239. The fourth-order valence-electron chi connectivity index (χ4n) is 1.06. The maximum atomic E-state index is 3.31. The van der Waals surface area contributed by atoms with Crippen LogP contribution in [-0.4, -0.2) is 0 Å². The van der Waals surface area contributed by atoms with Crippen LogP contribution in [0.4, 0.5) is 0 Å². The van der Waals surface area contributed by atoms with E-state index < -0.39 is 0 Å². The van der Waals surface area contributed by atoms with Crippen LogP contribution in [-0.2, 0) is 26.2 Å². The fraction of sp³-hybridized carbons (Fsp3) is 0. The molecular formula is C16H15BrZr. The molecule has 0 N–H and O–H groups in total. The van der Waals surface area contributed by atoms with Crippen molar-refractivity contribution in [2.45, 2.75) is 0 Å². The van der Waals surface area contributed by atoms with E-state index in [0.717, 1.165) is 4.47 Å². The molecule has 0 atom stereocenters. The molecule has 3 aromatic carbocycles. The standard InChI is InChI=1S/C6H5Br.2C5H5.Zr/c7-6-4-2-1-3-5-6;2*1-2-4-5-3-1;/h1-5H;2*1-5H;/q;2*-1;+2. The Kier molecular flexibility index (Phi) is 12.2. The first kappa shape index (κ1) is 17.3. The van der Waals surface area contributed by atoms with Gasteiger partial charge in [0.25, 0.3) is 0 Å². The van der Waals surface area contributed by atoms with Crippen LogP contribution >= 0.6 is 15.9 Å². The molecule has 90 valence electrons. The molecule has 0 heterocycles. The predicted molar refractivity (Wildman–Crippen MR) is 78.2 cm³/mol. The topological polar surface area (TPSA) is 0 Å². The molecule has 0 saturated heterocycles. The van der Waals surface area contributed by atoms with Crippen LogP contribution in [0.1, 0.15) is 0 Å². The van der Waals surface area contributed by atoms with Gasteiger partial charge in [0, 0.05) is 4.47 Å². The molecule has 0 aliphatic heterocycles. The molecule has 0 aliphatic rings. The van der Waals surface area contributed by atoms with E-state index in [1.54, 1.807) is 0 Å². The first-order chi connectivity index (χ1) is 8.39. The molecule has 0 aliphatic carbocycles. The van der Waals surface area contributed by atoms with Crippen LogP contribution in [0.5, 0.6) is 0 Å². The zero-order chi connectivity index (χ0) is 12.2. The summed E-state index contributed by atoms with van der Waals surface area (Å²) in [4.78, 5) is 0. The summed E-state index contributed by atoms with van der Waals surface area (Å²) in [5.41, 5.74) is 0. The average molecular weight is 378 g/mol. The second-order valence-electron chi connectivity index (χ2n) is 3.22. The summed E-state index contributed by atoms with van der Waals surface area (Å²) >= 11 is 3.31. The predicted octanol–water partition coefficient (Wildman–Crippen LogP) is 5.26. The van der Waals surface area contributed by atoms with Crippen molar-refractivity contribution in [3.8, 4) is 0 Å². The Labute approximate surface area is 137 Å². The van der Waals surface area contributed by atoms with Crippen molar-refractivity contribution in [2.24, 2.45) is 0 Å². The summed E-state index contributed by atoms with van der Waals surface area (Å²) in [6.07, 6.45) is 0. The molecule has 0 fully saturated rings. The van der Waals surface area contributed by atoms with Gasteiger partial charge >= 0.3 is 26.2 Å². The number of hydrogen-bond donors (Lipinski definition) is 0. The maximum absolute atomic E-state index is 3.31. The van der Waals surface area contributed by atoms with E-state index in [1.807, 2.05) is 91.0 Å². The normalized spacial score (nSPS) is 7.83. The zero-order valence-corrected chi connectivity index (χ0v) is 14.1. The van der Waals surface area contributed by atoms with E-state index in [-0.39, 0.29) is 26.2 Å². The second kappa shape index (κ2) is 12.7. The number of rotatable bonds is 0. The fourth-order valence-corrected chi connectivity index (χ4v) is 1.36. The zero-order valence-electron chi connectivity index (χ0n) is 10.0. The van der Waals surface area contributed by atoms with Gasteiger partial charge in [0.05, 0.1) is 0 Å². The van der Waals surface area contributed by atoms with Gasteiger partial charge in [-0.2, -0.15) is 36.4 Å². The first-order valence-corrected chi connectivity index (χ1v) is 6.23. The summed E-state index contributed by atoms with van der Waals surface area (Å²) in [6, 6.07) is 30.0. The van der Waals surface area contributed by atoms with Crippen molar-refractivity contribution in [3.63, 3.8) is 0 Å². The van der Waals surface area contributed by atoms with Gasteiger partial charge in [-0.3, -0.25) is 0 Å². The van der Waals surface area contributed by atoms with Crippen LogP contribution in [0, 0.1) is 0 Å². The average Bonchev–Trinajstić information content (AvgIpc) is 3.09. The van der Waals surface area contributed by atoms with Gasteiger partial charge in [-0.05, 0) is 12.1 Å². The summed E-state index contributed by atoms with van der Waals surface area (Å²) in [5, 5.41) is 0. The van der Waals surface area contributed by atoms with Gasteiger partial charge < -0.3 is 0 Å². The summed E-state index contributed by atoms with van der Waals surface area (Å²) in [5.74, 6) is 0. The monoisotopic (exact) mass is 376 g/mol. The summed E-state index contributed by atoms with van der Waals surface area (Å²) in [6.45, 7) is 0. The summed E-state index contributed by atoms with van der Waals surface area (Å²) in [7, 11) is 0. The smallest absolute Gasteiger partial charge is 0.214 e. The van der Waals surface area contributed by atoms with Gasteiger partial charge in [-0.15, -0.1) is 0 Å². The third-order valence-corrected chi connectivity index (χ3v) is 2.37. The van der Waals surface area contributed by atoms with Crippen molar-refractivity contribution < 1.29 is 26.2 Å². The molecule has 0 saturated carbocycles. The third kappa shape index (κ3) is 10.4. The molecule has 2 heteroatoms. The molecule has 0 amide bonds. The maximum Gasteiger partial charge on any atom is 2.00 e. The largest absolute Gasteiger partial charge is 2.00 e. The quantitative estimate of drug-likeness (QED) is 0.468. The summed E-state index contributed by atoms with van der Waals surface area (Å²) < 4.78 is 1.13. The number of benzene rings is 1. The van der Waals surface area contributed by atoms with Crippen molar-refractivity contribution in [1.82, 2.24) is 0 Å². The first-order valence-electron chi connectivity index (χ1n) is 5.43. The van der Waals surface area contributed by atoms with Gasteiger partial charge in [0.15, 0.2) is 0 Å². The Morgan fingerprint density at radius 1 is 0.611 bits per heavy atom. The van der Waals surface area contributed by atoms with Crippen molar-refractivity contribution >= 4 is 15.9 Å². The van der Waals surface area contributed by atoms with E-state index in [1.165, 1.54) is 0 Å². The minimum absolute atomic E-state index is 0. The minimum Gasteiger partial charge on any atom is -0.214 e. The van der Waals surface area contributed by atoms with E-state index in [2.05, 4.69) is 15.9 Å². The van der Waals surface area contributed by atoms with E-state index in [0.29, 0.717) is 0 Å². The van der Waals surface area contributed by atoms with Crippen LogP contribution in [0.2, 0.25) is 0 Å². The van der Waals surface area contributed by atoms with Gasteiger partial charge in [-0.25, -0.2) is 24.3 Å². The molecule has 0 bridgehead atoms. The Hall–Kier alpha value is -0.717. The van der Waals surface area contributed by atoms with Crippen molar-refractivity contribution in [3.05, 3.63) is 95.5 Å². The molecule has 3 rings (SSSR count). The van der Waals surface area contributed by atoms with Gasteiger partial charge in [0.2, 0.25) is 0 Å². The number of hydrogen-bond acceptors (Lipinski definition) is 0. The SMILES string of the molecule is Brc1ccccc1.[Zr+2].c1cc[cH-]c1.c1cc[cH-]c1. The third-order valence-electron chi connectivity index (χ3n) is 1.84. The van der Waals surface area contributed by atoms with E-state index >= 15 is 0 Å². The molecular weight excluding hydrogens is 363 g/mol. The molecule has 0 spiro atoms. The minimum atomic E-state index is 0. The van der Waals surface area contributed by atoms with E-state index in [9.17, 15) is 0 Å². The Morgan fingerprint density at radius 3 is 1.17 bits per heavy atom. The van der Waals surface area contributed by atoms with Crippen LogP contribution in [0.15, 0.2) is 95.5 Å². The molecule has 0 unspecified atom stereocenters. The molecule has 18 heavy (non-hydrogen) atoms. The molecule has 0 radical (unpaired) electrons.